The summed E-state index contributed by atoms with van der Waals surface area (Å²) in [4.78, 5) is 16.5. The van der Waals surface area contributed by atoms with Crippen LogP contribution in [-0.4, -0.2) is 21.4 Å². The van der Waals surface area contributed by atoms with Crippen LogP contribution in [0.3, 0.4) is 0 Å². The third-order valence-corrected chi connectivity index (χ3v) is 4.83. The lowest BCUT2D eigenvalue weighted by molar-refractivity contribution is 0.102. The molecule has 2 N–H and O–H groups in total. The van der Waals surface area contributed by atoms with E-state index in [0.717, 1.165) is 16.9 Å². The van der Waals surface area contributed by atoms with Crippen LogP contribution in [0.25, 0.3) is 0 Å². The summed E-state index contributed by atoms with van der Waals surface area (Å²) in [6.07, 6.45) is 5.04. The van der Waals surface area contributed by atoms with Crippen LogP contribution in [0.15, 0.2) is 67.0 Å². The predicted molar refractivity (Wildman–Crippen MR) is 111 cm³/mol. The molecule has 1 amide bonds. The van der Waals surface area contributed by atoms with E-state index in [1.54, 1.807) is 49.0 Å². The van der Waals surface area contributed by atoms with E-state index in [4.69, 9.17) is 11.6 Å². The Hall–Kier alpha value is -2.70. The molecule has 0 radical (unpaired) electrons. The normalized spacial score (nSPS) is 11.6. The second kappa shape index (κ2) is 8.79. The Morgan fingerprint density at radius 1 is 1.04 bits per heavy atom. The van der Waals surface area contributed by atoms with Crippen molar-refractivity contribution in [1.82, 2.24) is 4.98 Å². The van der Waals surface area contributed by atoms with Crippen molar-refractivity contribution in [3.8, 4) is 0 Å². The van der Waals surface area contributed by atoms with Crippen molar-refractivity contribution in [1.29, 1.82) is 0 Å². The zero-order valence-corrected chi connectivity index (χ0v) is 16.2. The molecule has 1 aromatic heterocycles. The Balaban J connectivity index is 1.70. The summed E-state index contributed by atoms with van der Waals surface area (Å²) < 4.78 is 11.4. The van der Waals surface area contributed by atoms with Gasteiger partial charge in [0.1, 0.15) is 0 Å². The largest absolute Gasteiger partial charge is 0.355 e. The average molecular weight is 400 g/mol. The number of carbonyl (C=O) groups excluding carboxylic acids is 1. The Bertz CT molecular complexity index is 963. The van der Waals surface area contributed by atoms with Gasteiger partial charge in [-0.25, -0.2) is 0 Å². The smallest absolute Gasteiger partial charge is 0.255 e. The minimum atomic E-state index is -0.966. The maximum Gasteiger partial charge on any atom is 0.255 e. The lowest BCUT2D eigenvalue weighted by Gasteiger charge is -2.10. The second-order valence-electron chi connectivity index (χ2n) is 5.92. The van der Waals surface area contributed by atoms with Crippen molar-refractivity contribution in [2.75, 3.05) is 16.9 Å². The van der Waals surface area contributed by atoms with Crippen molar-refractivity contribution in [2.45, 2.75) is 5.75 Å². The van der Waals surface area contributed by atoms with Gasteiger partial charge in [0.15, 0.2) is 0 Å². The molecule has 0 bridgehead atoms. The van der Waals surface area contributed by atoms with Gasteiger partial charge in [0, 0.05) is 52.1 Å². The van der Waals surface area contributed by atoms with Crippen LogP contribution in [0.2, 0.25) is 5.02 Å². The summed E-state index contributed by atoms with van der Waals surface area (Å²) >= 11 is 6.17. The molecular weight excluding hydrogens is 382 g/mol. The Labute approximate surface area is 165 Å². The molecule has 0 aliphatic carbocycles. The zero-order chi connectivity index (χ0) is 19.2. The van der Waals surface area contributed by atoms with E-state index in [-0.39, 0.29) is 5.91 Å². The molecule has 0 aliphatic heterocycles. The van der Waals surface area contributed by atoms with Gasteiger partial charge in [-0.15, -0.1) is 0 Å². The number of nitrogens with zero attached hydrogens (tertiary/aromatic N) is 1. The van der Waals surface area contributed by atoms with Crippen LogP contribution in [0.1, 0.15) is 15.9 Å². The molecule has 1 heterocycles. The molecule has 1 atom stereocenters. The summed E-state index contributed by atoms with van der Waals surface area (Å²) in [6.45, 7) is 0. The number of aromatic nitrogens is 1. The molecule has 0 fully saturated rings. The number of hydrogen-bond donors (Lipinski definition) is 2. The van der Waals surface area contributed by atoms with Gasteiger partial charge in [-0.3, -0.25) is 14.0 Å². The Kier molecular flexibility index (Phi) is 6.21. The number of carbonyl (C=O) groups is 1. The number of halogens is 1. The number of anilines is 3. The first-order valence-corrected chi connectivity index (χ1v) is 10.3. The molecule has 2 aromatic carbocycles. The third-order valence-electron chi connectivity index (χ3n) is 3.76. The fourth-order valence-electron chi connectivity index (χ4n) is 2.49. The first-order valence-electron chi connectivity index (χ1n) is 8.18. The predicted octanol–water partition coefficient (Wildman–Crippen LogP) is 4.61. The highest BCUT2D eigenvalue weighted by Crippen LogP contribution is 2.25. The van der Waals surface area contributed by atoms with Gasteiger partial charge in [-0.2, -0.15) is 0 Å². The molecule has 138 valence electrons. The van der Waals surface area contributed by atoms with Crippen molar-refractivity contribution in [3.05, 3.63) is 83.1 Å². The molecule has 0 saturated carbocycles. The SMILES string of the molecule is C[S@](=O)Cc1ccc(Cl)c(NC(=O)c2ccc(Nc3ccncc3)cc2)c1. The monoisotopic (exact) mass is 399 g/mol. The van der Waals surface area contributed by atoms with Gasteiger partial charge in [-0.05, 0) is 54.1 Å². The highest BCUT2D eigenvalue weighted by Gasteiger charge is 2.10. The molecule has 7 heteroatoms. The Morgan fingerprint density at radius 2 is 1.70 bits per heavy atom. The minimum Gasteiger partial charge on any atom is -0.355 e. The Morgan fingerprint density at radius 3 is 2.37 bits per heavy atom. The van der Waals surface area contributed by atoms with Gasteiger partial charge in [0.2, 0.25) is 0 Å². The van der Waals surface area contributed by atoms with Gasteiger partial charge in [0.05, 0.1) is 10.7 Å². The number of amides is 1. The van der Waals surface area contributed by atoms with Gasteiger partial charge >= 0.3 is 0 Å². The van der Waals surface area contributed by atoms with Gasteiger partial charge in [0.25, 0.3) is 5.91 Å². The zero-order valence-electron chi connectivity index (χ0n) is 14.6. The van der Waals surface area contributed by atoms with Crippen LogP contribution < -0.4 is 10.6 Å². The maximum atomic E-state index is 12.5. The standard InChI is InChI=1S/C20H18ClN3O2S/c1-27(26)13-14-2-7-18(21)19(12-14)24-20(25)15-3-5-16(6-4-15)23-17-8-10-22-11-9-17/h2-12H,13H2,1H3,(H,22,23)(H,24,25)/t27-/m0/s1. The number of benzene rings is 2. The maximum absolute atomic E-state index is 12.5. The van der Waals surface area contributed by atoms with E-state index in [9.17, 15) is 9.00 Å². The minimum absolute atomic E-state index is 0.262. The van der Waals surface area contributed by atoms with Crippen LogP contribution in [0.4, 0.5) is 17.1 Å². The second-order valence-corrected chi connectivity index (χ2v) is 7.77. The fraction of sp³-hybridized carbons (Fsp3) is 0.100. The number of nitrogens with one attached hydrogen (secondary N) is 2. The molecule has 3 aromatic rings. The number of hydrogen-bond acceptors (Lipinski definition) is 4. The van der Waals surface area contributed by atoms with Crippen molar-refractivity contribution < 1.29 is 9.00 Å². The van der Waals surface area contributed by atoms with Crippen LogP contribution in [0, 0.1) is 0 Å². The topological polar surface area (TPSA) is 71.1 Å². The summed E-state index contributed by atoms with van der Waals surface area (Å²) in [7, 11) is -0.966. The number of rotatable bonds is 6. The molecule has 5 nitrogen and oxygen atoms in total. The summed E-state index contributed by atoms with van der Waals surface area (Å²) in [5.41, 5.74) is 3.65. The molecule has 0 spiro atoms. The highest BCUT2D eigenvalue weighted by atomic mass is 35.5. The summed E-state index contributed by atoms with van der Waals surface area (Å²) in [5.74, 6) is 0.150. The van der Waals surface area contributed by atoms with E-state index in [0.29, 0.717) is 22.0 Å². The van der Waals surface area contributed by atoms with E-state index in [2.05, 4.69) is 15.6 Å². The fourth-order valence-corrected chi connectivity index (χ4v) is 3.31. The van der Waals surface area contributed by atoms with Crippen molar-refractivity contribution in [2.24, 2.45) is 0 Å². The third kappa shape index (κ3) is 5.39. The van der Waals surface area contributed by atoms with Crippen LogP contribution in [-0.2, 0) is 16.6 Å². The number of pyridine rings is 1. The first kappa shape index (κ1) is 19.1. The van der Waals surface area contributed by atoms with Gasteiger partial charge in [-0.1, -0.05) is 17.7 Å². The molecule has 0 saturated heterocycles. The lowest BCUT2D eigenvalue weighted by Crippen LogP contribution is -2.12. The van der Waals surface area contributed by atoms with E-state index >= 15 is 0 Å². The molecule has 27 heavy (non-hydrogen) atoms. The molecule has 0 aliphatic rings. The highest BCUT2D eigenvalue weighted by molar-refractivity contribution is 7.83. The average Bonchev–Trinajstić information content (AvgIpc) is 2.65. The summed E-state index contributed by atoms with van der Waals surface area (Å²) in [5, 5.41) is 6.48. The quantitative estimate of drug-likeness (QED) is 0.635. The van der Waals surface area contributed by atoms with Crippen LogP contribution in [0.5, 0.6) is 0 Å². The molecular formula is C20H18ClN3O2S. The van der Waals surface area contributed by atoms with Crippen molar-refractivity contribution >= 4 is 45.4 Å². The van der Waals surface area contributed by atoms with E-state index < -0.39 is 10.8 Å². The van der Waals surface area contributed by atoms with Crippen LogP contribution >= 0.6 is 11.6 Å². The molecule has 3 rings (SSSR count). The van der Waals surface area contributed by atoms with E-state index in [1.807, 2.05) is 24.3 Å². The lowest BCUT2D eigenvalue weighted by atomic mass is 10.1. The van der Waals surface area contributed by atoms with Crippen molar-refractivity contribution in [3.63, 3.8) is 0 Å². The summed E-state index contributed by atoms with van der Waals surface area (Å²) in [6, 6.07) is 16.1. The van der Waals surface area contributed by atoms with Gasteiger partial charge < -0.3 is 10.6 Å². The van der Waals surface area contributed by atoms with E-state index in [1.165, 1.54) is 0 Å². The first-order chi connectivity index (χ1) is 13.0. The molecule has 0 unspecified atom stereocenters.